The zero-order chi connectivity index (χ0) is 22.0. The fraction of sp³-hybridized carbons (Fsp3) is 0.364. The van der Waals surface area contributed by atoms with Gasteiger partial charge in [0.1, 0.15) is 10.0 Å². The summed E-state index contributed by atoms with van der Waals surface area (Å²) in [5.41, 5.74) is 3.75. The molecule has 0 atom stereocenters. The molecule has 31 heavy (non-hydrogen) atoms. The molecular weight excluding hydrogens is 432 g/mol. The van der Waals surface area contributed by atoms with Gasteiger partial charge in [0.05, 0.1) is 12.2 Å². The molecule has 7 nitrogen and oxygen atoms in total. The molecule has 3 aromatic rings. The van der Waals surface area contributed by atoms with Crippen molar-refractivity contribution in [1.29, 1.82) is 0 Å². The quantitative estimate of drug-likeness (QED) is 0.479. The number of aryl methyl sites for hydroxylation is 1. The van der Waals surface area contributed by atoms with Crippen LogP contribution in [0.25, 0.3) is 5.00 Å². The molecule has 1 aliphatic heterocycles. The van der Waals surface area contributed by atoms with E-state index in [0.29, 0.717) is 23.7 Å². The van der Waals surface area contributed by atoms with Gasteiger partial charge in [-0.3, -0.25) is 5.32 Å². The first-order chi connectivity index (χ1) is 15.0. The van der Waals surface area contributed by atoms with Gasteiger partial charge in [0.25, 0.3) is 0 Å². The molecular formula is C22H26N4O3S2. The van der Waals surface area contributed by atoms with Crippen molar-refractivity contribution in [2.45, 2.75) is 40.3 Å². The topological polar surface area (TPSA) is 84.4 Å². The Morgan fingerprint density at radius 2 is 2.00 bits per heavy atom. The molecule has 0 unspecified atom stereocenters. The Hall–Kier alpha value is -2.62. The first-order valence-corrected chi connectivity index (χ1v) is 11.9. The molecule has 164 valence electrons. The Balaban J connectivity index is 1.52. The van der Waals surface area contributed by atoms with Gasteiger partial charge in [0.2, 0.25) is 0 Å². The van der Waals surface area contributed by atoms with Gasteiger partial charge in [-0.05, 0) is 57.0 Å². The molecule has 0 saturated carbocycles. The van der Waals surface area contributed by atoms with Crippen LogP contribution in [0.1, 0.15) is 43.7 Å². The molecule has 0 radical (unpaired) electrons. The van der Waals surface area contributed by atoms with Crippen LogP contribution in [0.5, 0.6) is 0 Å². The number of nitrogens with one attached hydrogen (secondary N) is 3. The fourth-order valence-electron chi connectivity index (χ4n) is 3.73. The number of hydrogen-bond acceptors (Lipinski definition) is 6. The molecule has 4 heterocycles. The van der Waals surface area contributed by atoms with E-state index in [9.17, 15) is 9.59 Å². The number of nitrogens with zero attached hydrogens (tertiary/aromatic N) is 1. The summed E-state index contributed by atoms with van der Waals surface area (Å²) in [5, 5.41) is 10.9. The van der Waals surface area contributed by atoms with Crippen molar-refractivity contribution in [3.8, 4) is 5.00 Å². The van der Waals surface area contributed by atoms with Crippen LogP contribution in [0.3, 0.4) is 0 Å². The number of carbonyl (C=O) groups is 2. The largest absolute Gasteiger partial charge is 0.462 e. The Bertz CT molecular complexity index is 1100. The van der Waals surface area contributed by atoms with E-state index < -0.39 is 5.97 Å². The van der Waals surface area contributed by atoms with E-state index in [1.165, 1.54) is 21.8 Å². The molecule has 3 N–H and O–H groups in total. The van der Waals surface area contributed by atoms with Gasteiger partial charge in [0, 0.05) is 40.8 Å². The number of ether oxygens (including phenoxy) is 1. The molecule has 0 aliphatic carbocycles. The zero-order valence-corrected chi connectivity index (χ0v) is 19.5. The fourth-order valence-corrected chi connectivity index (χ4v) is 6.07. The molecule has 0 spiro atoms. The second-order valence-corrected chi connectivity index (χ2v) is 9.63. The molecule has 0 bridgehead atoms. The van der Waals surface area contributed by atoms with Crippen LogP contribution >= 0.6 is 22.7 Å². The predicted molar refractivity (Wildman–Crippen MR) is 125 cm³/mol. The van der Waals surface area contributed by atoms with Crippen LogP contribution in [0.2, 0.25) is 0 Å². The van der Waals surface area contributed by atoms with Crippen molar-refractivity contribution in [1.82, 2.24) is 15.2 Å². The normalized spacial score (nSPS) is 13.0. The summed E-state index contributed by atoms with van der Waals surface area (Å²) >= 11 is 3.15. The minimum absolute atomic E-state index is 0.291. The average Bonchev–Trinajstić information content (AvgIpc) is 3.45. The standard InChI is InChI=1S/C22H26N4O3S2/c1-4-29-21(27)18-13(2)14(3)30-19(18)25-22(28)24-11-16-15-7-8-23-12-17(15)31-20(16)26-9-5-6-10-26/h5-6,9-10,23H,4,7-8,11-12H2,1-3H3,(H2,24,25,28). The monoisotopic (exact) mass is 458 g/mol. The van der Waals surface area contributed by atoms with E-state index in [1.807, 2.05) is 38.4 Å². The Morgan fingerprint density at radius 1 is 1.23 bits per heavy atom. The van der Waals surface area contributed by atoms with Gasteiger partial charge in [-0.2, -0.15) is 0 Å². The van der Waals surface area contributed by atoms with E-state index in [2.05, 4.69) is 20.5 Å². The highest BCUT2D eigenvalue weighted by atomic mass is 32.1. The lowest BCUT2D eigenvalue weighted by Gasteiger charge is -2.15. The van der Waals surface area contributed by atoms with Crippen molar-refractivity contribution >= 4 is 39.7 Å². The number of thiophene rings is 2. The molecule has 0 saturated heterocycles. The van der Waals surface area contributed by atoms with Crippen molar-refractivity contribution in [3.05, 3.63) is 56.5 Å². The van der Waals surface area contributed by atoms with Gasteiger partial charge in [-0.15, -0.1) is 22.7 Å². The number of amides is 2. The summed E-state index contributed by atoms with van der Waals surface area (Å²) in [7, 11) is 0. The predicted octanol–water partition coefficient (Wildman–Crippen LogP) is 4.36. The summed E-state index contributed by atoms with van der Waals surface area (Å²) in [6, 6.07) is 3.66. The number of carbonyl (C=O) groups excluding carboxylic acids is 2. The number of urea groups is 1. The third kappa shape index (κ3) is 4.39. The third-order valence-electron chi connectivity index (χ3n) is 5.37. The number of fused-ring (bicyclic) bond motifs is 1. The Kier molecular flexibility index (Phi) is 6.45. The second-order valence-electron chi connectivity index (χ2n) is 7.32. The first-order valence-electron chi connectivity index (χ1n) is 10.3. The number of rotatable bonds is 6. The summed E-state index contributed by atoms with van der Waals surface area (Å²) in [6.07, 6.45) is 5.00. The van der Waals surface area contributed by atoms with Gasteiger partial charge >= 0.3 is 12.0 Å². The van der Waals surface area contributed by atoms with E-state index in [-0.39, 0.29) is 6.03 Å². The van der Waals surface area contributed by atoms with Gasteiger partial charge in [-0.1, -0.05) is 0 Å². The minimum Gasteiger partial charge on any atom is -0.462 e. The SMILES string of the molecule is CCOC(=O)c1c(NC(=O)NCc2c(-n3cccc3)sc3c2CCNC3)sc(C)c1C. The second kappa shape index (κ2) is 9.25. The van der Waals surface area contributed by atoms with Crippen molar-refractivity contribution in [3.63, 3.8) is 0 Å². The maximum atomic E-state index is 12.7. The smallest absolute Gasteiger partial charge is 0.341 e. The first kappa shape index (κ1) is 21.6. The number of anilines is 1. The van der Waals surface area contributed by atoms with Crippen LogP contribution in [-0.2, 0) is 24.2 Å². The summed E-state index contributed by atoms with van der Waals surface area (Å²) < 4.78 is 7.27. The van der Waals surface area contributed by atoms with Crippen molar-refractivity contribution in [2.75, 3.05) is 18.5 Å². The molecule has 1 aliphatic rings. The lowest BCUT2D eigenvalue weighted by molar-refractivity contribution is 0.0527. The summed E-state index contributed by atoms with van der Waals surface area (Å²) in [4.78, 5) is 27.4. The summed E-state index contributed by atoms with van der Waals surface area (Å²) in [6.45, 7) is 8.08. The summed E-state index contributed by atoms with van der Waals surface area (Å²) in [5.74, 6) is -0.408. The molecule has 0 aromatic carbocycles. The van der Waals surface area contributed by atoms with E-state index in [4.69, 9.17) is 4.74 Å². The van der Waals surface area contributed by atoms with Gasteiger partial charge in [-0.25, -0.2) is 9.59 Å². The zero-order valence-electron chi connectivity index (χ0n) is 17.8. The van der Waals surface area contributed by atoms with Crippen LogP contribution in [0.15, 0.2) is 24.5 Å². The van der Waals surface area contributed by atoms with E-state index in [1.54, 1.807) is 18.3 Å². The van der Waals surface area contributed by atoms with Crippen LogP contribution in [0, 0.1) is 13.8 Å². The molecule has 3 aromatic heterocycles. The highest BCUT2D eigenvalue weighted by Gasteiger charge is 2.24. The van der Waals surface area contributed by atoms with Crippen LogP contribution in [-0.4, -0.2) is 29.7 Å². The van der Waals surface area contributed by atoms with E-state index in [0.717, 1.165) is 40.5 Å². The average molecular weight is 459 g/mol. The van der Waals surface area contributed by atoms with Gasteiger partial charge < -0.3 is 19.9 Å². The number of hydrogen-bond donors (Lipinski definition) is 3. The number of esters is 1. The highest BCUT2D eigenvalue weighted by molar-refractivity contribution is 7.16. The number of aromatic nitrogens is 1. The van der Waals surface area contributed by atoms with E-state index >= 15 is 0 Å². The molecule has 2 amide bonds. The maximum Gasteiger partial charge on any atom is 0.341 e. The van der Waals surface area contributed by atoms with Gasteiger partial charge in [0.15, 0.2) is 0 Å². The lowest BCUT2D eigenvalue weighted by Crippen LogP contribution is -2.30. The minimum atomic E-state index is -0.408. The molecule has 9 heteroatoms. The Labute approximate surface area is 189 Å². The van der Waals surface area contributed by atoms with Crippen molar-refractivity contribution in [2.24, 2.45) is 0 Å². The lowest BCUT2D eigenvalue weighted by atomic mass is 10.0. The van der Waals surface area contributed by atoms with Crippen molar-refractivity contribution < 1.29 is 14.3 Å². The van der Waals surface area contributed by atoms with Crippen LogP contribution in [0.4, 0.5) is 9.80 Å². The van der Waals surface area contributed by atoms with Crippen LogP contribution < -0.4 is 16.0 Å². The Morgan fingerprint density at radius 3 is 2.74 bits per heavy atom. The third-order valence-corrected chi connectivity index (χ3v) is 7.78. The highest BCUT2D eigenvalue weighted by Crippen LogP contribution is 2.35. The molecule has 0 fully saturated rings. The maximum absolute atomic E-state index is 12.7. The molecule has 4 rings (SSSR count).